The Balaban J connectivity index is 2.67. The van der Waals surface area contributed by atoms with E-state index in [1.165, 1.54) is 0 Å². The molecule has 0 aliphatic carbocycles. The van der Waals surface area contributed by atoms with Crippen molar-refractivity contribution in [1.29, 1.82) is 0 Å². The van der Waals surface area contributed by atoms with E-state index in [2.05, 4.69) is 37.5 Å². The smallest absolute Gasteiger partial charge is 0.115 e. The number of benzene rings is 1. The fourth-order valence-electron chi connectivity index (χ4n) is 2.54. The summed E-state index contributed by atoms with van der Waals surface area (Å²) in [7, 11) is 1.71. The van der Waals surface area contributed by atoms with Crippen LogP contribution in [-0.4, -0.2) is 39.5 Å². The molecule has 4 heteroatoms. The van der Waals surface area contributed by atoms with Crippen molar-refractivity contribution >= 4 is 5.69 Å². The maximum absolute atomic E-state index is 6.33. The molecule has 4 nitrogen and oxygen atoms in total. The number of hydrogen-bond donors (Lipinski definition) is 1. The Labute approximate surface area is 159 Å². The lowest BCUT2D eigenvalue weighted by atomic mass is 10.0. The minimum absolute atomic E-state index is 0.110. The van der Waals surface area contributed by atoms with E-state index in [1.54, 1.807) is 7.11 Å². The molecule has 0 radical (unpaired) electrons. The molecule has 0 saturated heterocycles. The van der Waals surface area contributed by atoms with Gasteiger partial charge >= 0.3 is 0 Å². The summed E-state index contributed by atoms with van der Waals surface area (Å²) in [4.78, 5) is 2.23. The molecule has 26 heavy (non-hydrogen) atoms. The van der Waals surface area contributed by atoms with Crippen LogP contribution in [0.15, 0.2) is 66.5 Å². The van der Waals surface area contributed by atoms with Gasteiger partial charge in [-0.25, -0.2) is 0 Å². The van der Waals surface area contributed by atoms with Crippen LogP contribution in [0, 0.1) is 5.92 Å². The van der Waals surface area contributed by atoms with E-state index in [4.69, 9.17) is 15.2 Å². The van der Waals surface area contributed by atoms with Crippen LogP contribution in [0.4, 0.5) is 5.69 Å². The molecule has 0 bridgehead atoms. The molecule has 0 heterocycles. The lowest BCUT2D eigenvalue weighted by molar-refractivity contribution is 0.194. The van der Waals surface area contributed by atoms with Gasteiger partial charge in [0.25, 0.3) is 0 Å². The van der Waals surface area contributed by atoms with Crippen LogP contribution in [-0.2, 0) is 9.47 Å². The average Bonchev–Trinajstić information content (AvgIpc) is 2.65. The Hall–Kier alpha value is -2.04. The Morgan fingerprint density at radius 3 is 2.50 bits per heavy atom. The minimum atomic E-state index is -0.110. The van der Waals surface area contributed by atoms with Gasteiger partial charge < -0.3 is 20.1 Å². The van der Waals surface area contributed by atoms with Crippen LogP contribution < -0.4 is 10.6 Å². The van der Waals surface area contributed by atoms with Crippen molar-refractivity contribution in [3.05, 3.63) is 66.5 Å². The van der Waals surface area contributed by atoms with Crippen molar-refractivity contribution in [2.45, 2.75) is 26.8 Å². The van der Waals surface area contributed by atoms with Gasteiger partial charge in [-0.2, -0.15) is 0 Å². The zero-order chi connectivity index (χ0) is 19.4. The minimum Gasteiger partial charge on any atom is -0.492 e. The normalized spacial score (nSPS) is 13.6. The molecule has 1 unspecified atom stereocenters. The zero-order valence-electron chi connectivity index (χ0n) is 16.7. The lowest BCUT2D eigenvalue weighted by Crippen LogP contribution is -2.41. The van der Waals surface area contributed by atoms with Crippen LogP contribution in [0.1, 0.15) is 20.8 Å². The van der Waals surface area contributed by atoms with Crippen molar-refractivity contribution < 1.29 is 9.47 Å². The predicted molar refractivity (Wildman–Crippen MR) is 111 cm³/mol. The highest BCUT2D eigenvalue weighted by Gasteiger charge is 2.12. The zero-order valence-corrected chi connectivity index (χ0v) is 16.7. The Kier molecular flexibility index (Phi) is 10.4. The summed E-state index contributed by atoms with van der Waals surface area (Å²) in [5.74, 6) is 1.23. The molecule has 0 saturated carbocycles. The number of anilines is 1. The van der Waals surface area contributed by atoms with Gasteiger partial charge in [-0.15, -0.1) is 0 Å². The molecule has 2 N–H and O–H groups in total. The molecule has 144 valence electrons. The number of ether oxygens (including phenoxy) is 2. The molecule has 0 amide bonds. The molecule has 0 aliphatic rings. The Morgan fingerprint density at radius 1 is 1.27 bits per heavy atom. The Bertz CT molecular complexity index is 579. The summed E-state index contributed by atoms with van der Waals surface area (Å²) >= 11 is 0. The first kappa shape index (κ1) is 22.0. The standard InChI is InChI=1S/C22H34N2O2/c1-6-19(18(3)4)15-22(7-2)26-17-20(23)16-24(13-14-25-5)21-11-9-8-10-12-21/h6-12,15,18,20H,1,13-14,16-17,23H2,2-5H3/b19-15+,22-7+. The summed E-state index contributed by atoms with van der Waals surface area (Å²) in [5, 5.41) is 0. The van der Waals surface area contributed by atoms with Gasteiger partial charge in [-0.3, -0.25) is 0 Å². The van der Waals surface area contributed by atoms with Crippen molar-refractivity contribution in [2.24, 2.45) is 11.7 Å². The molecular weight excluding hydrogens is 324 g/mol. The molecule has 1 atom stereocenters. The largest absolute Gasteiger partial charge is 0.492 e. The van der Waals surface area contributed by atoms with E-state index in [1.807, 2.05) is 43.4 Å². The summed E-state index contributed by atoms with van der Waals surface area (Å²) in [6, 6.07) is 10.1. The first-order valence-electron chi connectivity index (χ1n) is 9.19. The maximum Gasteiger partial charge on any atom is 0.115 e. The van der Waals surface area contributed by atoms with Gasteiger partial charge in [0.15, 0.2) is 0 Å². The highest BCUT2D eigenvalue weighted by Crippen LogP contribution is 2.16. The van der Waals surface area contributed by atoms with Crippen LogP contribution >= 0.6 is 0 Å². The van der Waals surface area contributed by atoms with Gasteiger partial charge in [0.1, 0.15) is 12.4 Å². The lowest BCUT2D eigenvalue weighted by Gasteiger charge is -2.27. The first-order chi connectivity index (χ1) is 12.5. The van der Waals surface area contributed by atoms with E-state index in [9.17, 15) is 0 Å². The number of rotatable bonds is 12. The van der Waals surface area contributed by atoms with Crippen molar-refractivity contribution in [2.75, 3.05) is 38.3 Å². The summed E-state index contributed by atoms with van der Waals surface area (Å²) in [6.07, 6.45) is 5.86. The van der Waals surface area contributed by atoms with Crippen LogP contribution in [0.2, 0.25) is 0 Å². The van der Waals surface area contributed by atoms with Gasteiger partial charge in [-0.05, 0) is 42.7 Å². The number of allylic oxidation sites excluding steroid dienone is 4. The molecule has 1 aromatic carbocycles. The third kappa shape index (κ3) is 7.89. The van der Waals surface area contributed by atoms with Gasteiger partial charge in [0.2, 0.25) is 0 Å². The fourth-order valence-corrected chi connectivity index (χ4v) is 2.54. The predicted octanol–water partition coefficient (Wildman–Crippen LogP) is 4.16. The SMILES string of the molecule is C=C/C(=C\C(=C/C)OCC(N)CN(CCOC)c1ccccc1)C(C)C. The van der Waals surface area contributed by atoms with Crippen molar-refractivity contribution in [3.63, 3.8) is 0 Å². The third-order valence-electron chi connectivity index (χ3n) is 4.10. The molecule has 0 aliphatic heterocycles. The third-order valence-corrected chi connectivity index (χ3v) is 4.10. The fraction of sp³-hybridized carbons (Fsp3) is 0.455. The number of para-hydroxylation sites is 1. The summed E-state index contributed by atoms with van der Waals surface area (Å²) in [6.45, 7) is 12.7. The van der Waals surface area contributed by atoms with E-state index in [0.29, 0.717) is 25.7 Å². The van der Waals surface area contributed by atoms with Gasteiger partial charge in [0.05, 0.1) is 12.6 Å². The van der Waals surface area contributed by atoms with Crippen LogP contribution in [0.3, 0.4) is 0 Å². The second-order valence-electron chi connectivity index (χ2n) is 6.54. The second kappa shape index (κ2) is 12.3. The van der Waals surface area contributed by atoms with Crippen LogP contribution in [0.5, 0.6) is 0 Å². The number of hydrogen-bond acceptors (Lipinski definition) is 4. The quantitative estimate of drug-likeness (QED) is 0.450. The number of nitrogens with two attached hydrogens (primary N) is 1. The highest BCUT2D eigenvalue weighted by molar-refractivity contribution is 5.46. The molecule has 1 rings (SSSR count). The average molecular weight is 359 g/mol. The molecular formula is C22H34N2O2. The van der Waals surface area contributed by atoms with E-state index < -0.39 is 0 Å². The van der Waals surface area contributed by atoms with Crippen molar-refractivity contribution in [3.8, 4) is 0 Å². The highest BCUT2D eigenvalue weighted by atomic mass is 16.5. The second-order valence-corrected chi connectivity index (χ2v) is 6.54. The van der Waals surface area contributed by atoms with E-state index in [-0.39, 0.29) is 6.04 Å². The molecule has 0 fully saturated rings. The maximum atomic E-state index is 6.33. The summed E-state index contributed by atoms with van der Waals surface area (Å²) < 4.78 is 11.2. The van der Waals surface area contributed by atoms with E-state index in [0.717, 1.165) is 23.6 Å². The Morgan fingerprint density at radius 2 is 1.96 bits per heavy atom. The molecule has 0 spiro atoms. The monoisotopic (exact) mass is 358 g/mol. The molecule has 1 aromatic rings. The van der Waals surface area contributed by atoms with Gasteiger partial charge in [-0.1, -0.05) is 44.7 Å². The number of nitrogens with zero attached hydrogens (tertiary/aromatic N) is 1. The number of methoxy groups -OCH3 is 1. The van der Waals surface area contributed by atoms with Gasteiger partial charge in [0, 0.05) is 25.9 Å². The van der Waals surface area contributed by atoms with Crippen molar-refractivity contribution in [1.82, 2.24) is 0 Å². The summed E-state index contributed by atoms with van der Waals surface area (Å²) in [5.41, 5.74) is 8.62. The topological polar surface area (TPSA) is 47.7 Å². The van der Waals surface area contributed by atoms with E-state index >= 15 is 0 Å². The first-order valence-corrected chi connectivity index (χ1v) is 9.19. The molecule has 0 aromatic heterocycles. The van der Waals surface area contributed by atoms with Crippen LogP contribution in [0.25, 0.3) is 0 Å².